The summed E-state index contributed by atoms with van der Waals surface area (Å²) in [5, 5.41) is 21.0. The highest BCUT2D eigenvalue weighted by atomic mass is 32.2. The molecule has 8 unspecified atom stereocenters. The first-order valence-corrected chi connectivity index (χ1v) is 19.0. The molecular weight excluding hydrogens is 623 g/mol. The summed E-state index contributed by atoms with van der Waals surface area (Å²) in [4.78, 5) is 0.243. The summed E-state index contributed by atoms with van der Waals surface area (Å²) in [7, 11) is -3.75. The Morgan fingerprint density at radius 3 is 2.13 bits per heavy atom. The van der Waals surface area contributed by atoms with Crippen LogP contribution in [0.25, 0.3) is 0 Å². The predicted molar refractivity (Wildman–Crippen MR) is 166 cm³/mol. The lowest BCUT2D eigenvalue weighted by molar-refractivity contribution is -0.290. The number of hydrogen-bond donors (Lipinski definition) is 2. The molecule has 0 saturated heterocycles. The highest BCUT2D eigenvalue weighted by Crippen LogP contribution is 2.69. The van der Waals surface area contributed by atoms with E-state index in [4.69, 9.17) is 0 Å². The normalized spacial score (nSPS) is 41.2. The number of sulfone groups is 1. The van der Waals surface area contributed by atoms with E-state index in [2.05, 4.69) is 13.8 Å². The van der Waals surface area contributed by atoms with E-state index in [9.17, 15) is 40.6 Å². The predicted octanol–water partition coefficient (Wildman–Crippen LogP) is 8.89. The lowest BCUT2D eigenvalue weighted by Crippen LogP contribution is -2.59. The van der Waals surface area contributed by atoms with Crippen molar-refractivity contribution in [2.24, 2.45) is 40.4 Å². The second-order valence-electron chi connectivity index (χ2n) is 16.5. The minimum Gasteiger partial charge on any atom is -0.390 e. The highest BCUT2D eigenvalue weighted by Gasteiger charge is 2.65. The maximum absolute atomic E-state index is 14.1. The van der Waals surface area contributed by atoms with Gasteiger partial charge in [0.2, 0.25) is 5.92 Å². The Bertz CT molecular complexity index is 1360. The Kier molecular flexibility index (Phi) is 8.78. The Labute approximate surface area is 270 Å². The van der Waals surface area contributed by atoms with Crippen molar-refractivity contribution in [2.75, 3.05) is 0 Å². The molecule has 260 valence electrons. The van der Waals surface area contributed by atoms with Gasteiger partial charge < -0.3 is 10.2 Å². The molecule has 0 spiro atoms. The summed E-state index contributed by atoms with van der Waals surface area (Å²) in [6, 6.07) is 8.38. The van der Waals surface area contributed by atoms with Gasteiger partial charge in [0.15, 0.2) is 15.4 Å². The van der Waals surface area contributed by atoms with Crippen molar-refractivity contribution >= 4 is 9.84 Å². The van der Waals surface area contributed by atoms with Crippen LogP contribution in [0, 0.1) is 40.4 Å². The van der Waals surface area contributed by atoms with Crippen LogP contribution in [0.5, 0.6) is 0 Å². The second-order valence-corrected chi connectivity index (χ2v) is 18.8. The van der Waals surface area contributed by atoms with Gasteiger partial charge in [-0.15, -0.1) is 0 Å². The summed E-state index contributed by atoms with van der Waals surface area (Å²) < 4.78 is 97.3. The smallest absolute Gasteiger partial charge is 0.390 e. The number of benzene rings is 1. The molecule has 0 aliphatic heterocycles. The van der Waals surface area contributed by atoms with Gasteiger partial charge in [-0.25, -0.2) is 17.2 Å². The Hall–Kier alpha value is -1.26. The van der Waals surface area contributed by atoms with E-state index in [1.165, 1.54) is 0 Å². The highest BCUT2D eigenvalue weighted by molar-refractivity contribution is 7.92. The summed E-state index contributed by atoms with van der Waals surface area (Å²) >= 11 is 0. The largest absolute Gasteiger partial charge is 0.417 e. The fraction of sp³-hybridized carbons (Fsp3) is 0.833. The van der Waals surface area contributed by atoms with Crippen LogP contribution in [0.15, 0.2) is 35.2 Å². The molecular formula is C36H51F5O4S. The van der Waals surface area contributed by atoms with Crippen molar-refractivity contribution in [3.05, 3.63) is 30.3 Å². The summed E-state index contributed by atoms with van der Waals surface area (Å²) in [5.41, 5.74) is -4.24. The molecule has 5 aliphatic rings. The zero-order chi connectivity index (χ0) is 33.4. The molecule has 6 rings (SSSR count). The molecule has 0 heterocycles. The van der Waals surface area contributed by atoms with Crippen LogP contribution in [0.4, 0.5) is 22.0 Å². The number of fused-ring (bicyclic) bond motifs is 5. The maximum atomic E-state index is 14.1. The van der Waals surface area contributed by atoms with Gasteiger partial charge >= 0.3 is 6.18 Å². The first-order valence-electron chi connectivity index (χ1n) is 17.5. The third-order valence-electron chi connectivity index (χ3n) is 14.4. The first kappa shape index (κ1) is 34.6. The molecule has 5 saturated carbocycles. The Morgan fingerprint density at radius 2 is 1.48 bits per heavy atom. The van der Waals surface area contributed by atoms with Gasteiger partial charge in [-0.3, -0.25) is 0 Å². The third-order valence-corrected chi connectivity index (χ3v) is 16.6. The zero-order valence-electron chi connectivity index (χ0n) is 27.2. The van der Waals surface area contributed by atoms with Crippen LogP contribution >= 0.6 is 0 Å². The molecule has 5 aliphatic carbocycles. The molecule has 2 N–H and O–H groups in total. The van der Waals surface area contributed by atoms with Gasteiger partial charge in [0.1, 0.15) is 0 Å². The molecule has 10 heteroatoms. The minimum absolute atomic E-state index is 0.0372. The van der Waals surface area contributed by atoms with E-state index in [0.717, 1.165) is 32.1 Å². The number of alkyl halides is 5. The van der Waals surface area contributed by atoms with Crippen LogP contribution in [0.1, 0.15) is 117 Å². The van der Waals surface area contributed by atoms with E-state index in [1.54, 1.807) is 30.3 Å². The average molecular weight is 675 g/mol. The molecule has 0 bridgehead atoms. The lowest BCUT2D eigenvalue weighted by Gasteiger charge is -2.62. The molecule has 4 nitrogen and oxygen atoms in total. The van der Waals surface area contributed by atoms with E-state index in [0.29, 0.717) is 37.0 Å². The van der Waals surface area contributed by atoms with Gasteiger partial charge in [-0.05, 0) is 142 Å². The Morgan fingerprint density at radius 1 is 0.826 bits per heavy atom. The monoisotopic (exact) mass is 674 g/mol. The van der Waals surface area contributed by atoms with Crippen LogP contribution < -0.4 is 0 Å². The average Bonchev–Trinajstić information content (AvgIpc) is 3.33. The number of halogens is 5. The molecule has 5 fully saturated rings. The van der Waals surface area contributed by atoms with Crippen molar-refractivity contribution in [1.29, 1.82) is 0 Å². The van der Waals surface area contributed by atoms with Gasteiger partial charge in [0.05, 0.1) is 15.7 Å². The lowest BCUT2D eigenvalue weighted by atomic mass is 9.43. The quantitative estimate of drug-likeness (QED) is 0.284. The topological polar surface area (TPSA) is 74.6 Å². The van der Waals surface area contributed by atoms with Crippen LogP contribution in [0.3, 0.4) is 0 Å². The van der Waals surface area contributed by atoms with Gasteiger partial charge in [-0.2, -0.15) is 13.2 Å². The summed E-state index contributed by atoms with van der Waals surface area (Å²) in [6.07, 6.45) is 0.421. The fourth-order valence-corrected chi connectivity index (χ4v) is 13.1. The fourth-order valence-electron chi connectivity index (χ4n) is 11.3. The zero-order valence-corrected chi connectivity index (χ0v) is 28.0. The van der Waals surface area contributed by atoms with E-state index in [1.807, 2.05) is 0 Å². The molecule has 1 aromatic carbocycles. The number of rotatable bonds is 7. The van der Waals surface area contributed by atoms with Gasteiger partial charge in [0.25, 0.3) is 0 Å². The molecule has 0 radical (unpaired) electrons. The van der Waals surface area contributed by atoms with Crippen molar-refractivity contribution in [1.82, 2.24) is 0 Å². The van der Waals surface area contributed by atoms with Crippen molar-refractivity contribution < 1.29 is 40.6 Å². The molecule has 9 atom stereocenters. The first-order chi connectivity index (χ1) is 21.3. The van der Waals surface area contributed by atoms with Crippen LogP contribution in [-0.2, 0) is 9.84 Å². The SMILES string of the molecule is CC12CCC3C(CCC4C[C@](O)(C(F)(F)F)CCC43C)C1CCC2CC(CCC1(O)CCC(F)(F)CC1)S(=O)(=O)c1ccccc1. The molecule has 0 aromatic heterocycles. The molecule has 1 aromatic rings. The number of aliphatic hydroxyl groups is 2. The van der Waals surface area contributed by atoms with Gasteiger partial charge in [-0.1, -0.05) is 32.0 Å². The number of hydrogen-bond acceptors (Lipinski definition) is 4. The minimum atomic E-state index is -4.62. The second kappa shape index (κ2) is 11.7. The standard InChI is InChI=1S/C36H51F5O4S/c1-31-14-13-30-28(10-8-25-23-34(43,36(39,40)41)19-16-32(25,30)2)29(31)11-9-24(31)22-27(46(44,45)26-6-4-3-5-7-26)12-15-33(42)17-20-35(37,38)21-18-33/h3-7,24-25,27-30,42-43H,8-23H2,1-2H3/t24?,25?,27?,28?,29?,30?,31?,32?,34-/m0/s1. The molecule has 46 heavy (non-hydrogen) atoms. The summed E-state index contributed by atoms with van der Waals surface area (Å²) in [6.45, 7) is 4.46. The van der Waals surface area contributed by atoms with Crippen molar-refractivity contribution in [2.45, 2.75) is 150 Å². The Balaban J connectivity index is 1.20. The molecule has 0 amide bonds. The van der Waals surface area contributed by atoms with Crippen LogP contribution in [0.2, 0.25) is 0 Å². The van der Waals surface area contributed by atoms with E-state index < -0.39 is 38.4 Å². The maximum Gasteiger partial charge on any atom is 0.417 e. The van der Waals surface area contributed by atoms with E-state index in [-0.39, 0.29) is 78.9 Å². The summed E-state index contributed by atoms with van der Waals surface area (Å²) in [5.74, 6) is -1.79. The van der Waals surface area contributed by atoms with E-state index >= 15 is 0 Å². The van der Waals surface area contributed by atoms with Crippen LogP contribution in [-0.4, -0.2) is 47.2 Å². The third kappa shape index (κ3) is 5.96. The van der Waals surface area contributed by atoms with Gasteiger partial charge in [0, 0.05) is 12.8 Å². The van der Waals surface area contributed by atoms with Crippen molar-refractivity contribution in [3.63, 3.8) is 0 Å². The van der Waals surface area contributed by atoms with Crippen molar-refractivity contribution in [3.8, 4) is 0 Å².